The summed E-state index contributed by atoms with van der Waals surface area (Å²) in [6.45, 7) is 10.1. The Hall–Kier alpha value is -1.57. The Labute approximate surface area is 182 Å². The fraction of sp³-hybridized carbons (Fsp3) is 0.679. The fourth-order valence-electron chi connectivity index (χ4n) is 8.30. The second-order valence-electron chi connectivity index (χ2n) is 12.0. The molecule has 1 aromatic rings. The van der Waals surface area contributed by atoms with Gasteiger partial charge in [-0.2, -0.15) is 0 Å². The molecule has 0 radical (unpaired) electrons. The third-order valence-electron chi connectivity index (χ3n) is 9.79. The monoisotopic (exact) mass is 406 g/mol. The summed E-state index contributed by atoms with van der Waals surface area (Å²) in [5, 5.41) is 0. The van der Waals surface area contributed by atoms with E-state index in [1.807, 2.05) is 30.3 Å². The van der Waals surface area contributed by atoms with Gasteiger partial charge in [-0.05, 0) is 91.1 Å². The SMILES string of the molecule is CC1(C)CCC[C@]2(C)[C@H]3CC[C@]4(C)C[C@@H](OC(=O)c5ccccc5)C[C@H]4C3=CC[C@@H]12. The van der Waals surface area contributed by atoms with Crippen molar-refractivity contribution < 1.29 is 9.53 Å². The molecule has 0 unspecified atom stereocenters. The number of fused-ring (bicyclic) bond motifs is 5. The Balaban J connectivity index is 1.38. The third-order valence-corrected chi connectivity index (χ3v) is 9.79. The van der Waals surface area contributed by atoms with Gasteiger partial charge in [0, 0.05) is 0 Å². The van der Waals surface area contributed by atoms with Crippen molar-refractivity contribution in [3.8, 4) is 0 Å². The zero-order valence-electron chi connectivity index (χ0n) is 19.2. The molecule has 5 rings (SSSR count). The van der Waals surface area contributed by atoms with Gasteiger partial charge < -0.3 is 4.74 Å². The molecular weight excluding hydrogens is 368 g/mol. The van der Waals surface area contributed by atoms with Crippen LogP contribution in [0.4, 0.5) is 0 Å². The molecule has 0 saturated heterocycles. The molecule has 2 nitrogen and oxygen atoms in total. The molecule has 4 aliphatic carbocycles. The molecule has 0 spiro atoms. The molecular formula is C28H38O2. The van der Waals surface area contributed by atoms with Crippen LogP contribution in [-0.2, 0) is 4.74 Å². The number of rotatable bonds is 2. The van der Waals surface area contributed by atoms with Crippen LogP contribution < -0.4 is 0 Å². The van der Waals surface area contributed by atoms with Gasteiger partial charge in [0.05, 0.1) is 5.56 Å². The summed E-state index contributed by atoms with van der Waals surface area (Å²) in [6, 6.07) is 9.48. The van der Waals surface area contributed by atoms with Crippen LogP contribution in [-0.4, -0.2) is 12.1 Å². The van der Waals surface area contributed by atoms with Gasteiger partial charge in [-0.25, -0.2) is 4.79 Å². The topological polar surface area (TPSA) is 26.3 Å². The quantitative estimate of drug-likeness (QED) is 0.383. The summed E-state index contributed by atoms with van der Waals surface area (Å²) in [5.41, 5.74) is 3.60. The third kappa shape index (κ3) is 3.09. The number of carbonyl (C=O) groups excluding carboxylic acids is 1. The number of hydrogen-bond acceptors (Lipinski definition) is 2. The minimum absolute atomic E-state index is 0.0562. The molecule has 1 aromatic carbocycles. The van der Waals surface area contributed by atoms with E-state index in [1.54, 1.807) is 5.57 Å². The molecule has 30 heavy (non-hydrogen) atoms. The Morgan fingerprint density at radius 2 is 1.77 bits per heavy atom. The van der Waals surface area contributed by atoms with Gasteiger partial charge in [-0.3, -0.25) is 0 Å². The molecule has 0 heterocycles. The normalized spacial score (nSPS) is 41.8. The van der Waals surface area contributed by atoms with Crippen molar-refractivity contribution in [2.45, 2.75) is 85.2 Å². The molecule has 0 amide bonds. The Bertz CT molecular complexity index is 853. The van der Waals surface area contributed by atoms with Crippen LogP contribution in [0.25, 0.3) is 0 Å². The van der Waals surface area contributed by atoms with Gasteiger partial charge in [-0.15, -0.1) is 0 Å². The highest BCUT2D eigenvalue weighted by Crippen LogP contribution is 2.67. The van der Waals surface area contributed by atoms with Gasteiger partial charge in [0.25, 0.3) is 0 Å². The van der Waals surface area contributed by atoms with Gasteiger partial charge in [0.2, 0.25) is 0 Å². The lowest BCUT2D eigenvalue weighted by molar-refractivity contribution is -0.0572. The average Bonchev–Trinajstić information content (AvgIpc) is 3.04. The van der Waals surface area contributed by atoms with Crippen LogP contribution in [0, 0.1) is 34.0 Å². The molecule has 0 aromatic heterocycles. The van der Waals surface area contributed by atoms with Crippen LogP contribution in [0.1, 0.15) is 89.4 Å². The van der Waals surface area contributed by atoms with E-state index in [9.17, 15) is 4.79 Å². The van der Waals surface area contributed by atoms with E-state index < -0.39 is 0 Å². The highest BCUT2D eigenvalue weighted by atomic mass is 16.5. The maximum Gasteiger partial charge on any atom is 0.338 e. The lowest BCUT2D eigenvalue weighted by Gasteiger charge is -2.60. The molecule has 3 fully saturated rings. The lowest BCUT2D eigenvalue weighted by Crippen LogP contribution is -2.51. The van der Waals surface area contributed by atoms with E-state index >= 15 is 0 Å². The zero-order chi connectivity index (χ0) is 21.1. The number of esters is 1. The molecule has 0 N–H and O–H groups in total. The van der Waals surface area contributed by atoms with Crippen molar-refractivity contribution in [2.24, 2.45) is 34.0 Å². The van der Waals surface area contributed by atoms with Crippen LogP contribution in [0.2, 0.25) is 0 Å². The minimum Gasteiger partial charge on any atom is -0.459 e. The molecule has 162 valence electrons. The fourth-order valence-corrected chi connectivity index (χ4v) is 8.30. The largest absolute Gasteiger partial charge is 0.459 e. The van der Waals surface area contributed by atoms with Gasteiger partial charge >= 0.3 is 5.97 Å². The first-order chi connectivity index (χ1) is 14.2. The first-order valence-corrected chi connectivity index (χ1v) is 12.2. The van der Waals surface area contributed by atoms with Crippen molar-refractivity contribution in [2.75, 3.05) is 0 Å². The number of carbonyl (C=O) groups is 1. The Kier molecular flexibility index (Phi) is 4.73. The Morgan fingerprint density at radius 3 is 2.53 bits per heavy atom. The maximum absolute atomic E-state index is 12.7. The van der Waals surface area contributed by atoms with Gasteiger partial charge in [-0.1, -0.05) is 64.0 Å². The predicted molar refractivity (Wildman–Crippen MR) is 121 cm³/mol. The predicted octanol–water partition coefficient (Wildman–Crippen LogP) is 7.20. The zero-order valence-corrected chi connectivity index (χ0v) is 19.2. The van der Waals surface area contributed by atoms with E-state index in [4.69, 9.17) is 4.74 Å². The number of ether oxygens (including phenoxy) is 1. The van der Waals surface area contributed by atoms with E-state index in [1.165, 1.54) is 38.5 Å². The summed E-state index contributed by atoms with van der Waals surface area (Å²) in [5.74, 6) is 1.98. The summed E-state index contributed by atoms with van der Waals surface area (Å²) in [4.78, 5) is 12.7. The van der Waals surface area contributed by atoms with Gasteiger partial charge in [0.1, 0.15) is 6.10 Å². The lowest BCUT2D eigenvalue weighted by atomic mass is 9.44. The second kappa shape index (κ2) is 6.97. The van der Waals surface area contributed by atoms with Gasteiger partial charge in [0.15, 0.2) is 0 Å². The summed E-state index contributed by atoms with van der Waals surface area (Å²) in [7, 11) is 0. The van der Waals surface area contributed by atoms with E-state index in [0.717, 1.165) is 24.7 Å². The van der Waals surface area contributed by atoms with Crippen molar-refractivity contribution >= 4 is 5.97 Å². The summed E-state index contributed by atoms with van der Waals surface area (Å²) < 4.78 is 6.03. The van der Waals surface area contributed by atoms with Crippen molar-refractivity contribution in [1.29, 1.82) is 0 Å². The molecule has 4 aliphatic rings. The molecule has 2 heteroatoms. The highest BCUT2D eigenvalue weighted by Gasteiger charge is 2.58. The number of hydrogen-bond donors (Lipinski definition) is 0. The molecule has 0 bridgehead atoms. The van der Waals surface area contributed by atoms with E-state index in [2.05, 4.69) is 33.8 Å². The molecule has 3 saturated carbocycles. The summed E-state index contributed by atoms with van der Waals surface area (Å²) in [6.07, 6.45) is 12.7. The van der Waals surface area contributed by atoms with Crippen molar-refractivity contribution in [3.05, 3.63) is 47.5 Å². The first kappa shape index (κ1) is 20.3. The first-order valence-electron chi connectivity index (χ1n) is 12.2. The average molecular weight is 407 g/mol. The van der Waals surface area contributed by atoms with Crippen LogP contribution in [0.15, 0.2) is 42.0 Å². The van der Waals surface area contributed by atoms with E-state index in [-0.39, 0.29) is 17.5 Å². The maximum atomic E-state index is 12.7. The Morgan fingerprint density at radius 1 is 1.00 bits per heavy atom. The second-order valence-corrected chi connectivity index (χ2v) is 12.0. The molecule has 0 aliphatic heterocycles. The number of allylic oxidation sites excluding steroid dienone is 2. The van der Waals surface area contributed by atoms with Crippen molar-refractivity contribution in [3.63, 3.8) is 0 Å². The minimum atomic E-state index is -0.155. The highest BCUT2D eigenvalue weighted by molar-refractivity contribution is 5.89. The summed E-state index contributed by atoms with van der Waals surface area (Å²) >= 11 is 0. The van der Waals surface area contributed by atoms with E-state index in [0.29, 0.717) is 22.3 Å². The van der Waals surface area contributed by atoms with Crippen LogP contribution in [0.3, 0.4) is 0 Å². The van der Waals surface area contributed by atoms with Crippen molar-refractivity contribution in [1.82, 2.24) is 0 Å². The number of benzene rings is 1. The standard InChI is InChI=1S/C28H38O2/c1-26(2)14-8-15-28(4)22-13-16-27(3)18-20(17-23(27)21(22)11-12-24(26)28)30-25(29)19-9-6-5-7-10-19/h5-7,9-11,20,22-24H,8,12-18H2,1-4H3/t20-,22-,23-,24-,27+,28+/m0/s1. The molecule has 6 atom stereocenters. The van der Waals surface area contributed by atoms with Crippen LogP contribution in [0.5, 0.6) is 0 Å². The smallest absolute Gasteiger partial charge is 0.338 e. The van der Waals surface area contributed by atoms with Crippen LogP contribution >= 0.6 is 0 Å².